The first-order valence-corrected chi connectivity index (χ1v) is 5.34. The van der Waals surface area contributed by atoms with Crippen molar-refractivity contribution in [3.8, 4) is 0 Å². The van der Waals surface area contributed by atoms with E-state index in [1.165, 1.54) is 6.92 Å². The highest BCUT2D eigenvalue weighted by molar-refractivity contribution is 5.39. The molecule has 0 radical (unpaired) electrons. The summed E-state index contributed by atoms with van der Waals surface area (Å²) in [5, 5.41) is 0. The van der Waals surface area contributed by atoms with Crippen LogP contribution in [0.1, 0.15) is 27.2 Å². The lowest BCUT2D eigenvalue weighted by atomic mass is 10.1. The molecule has 0 nitrogen and oxygen atoms in total. The van der Waals surface area contributed by atoms with Gasteiger partial charge in [0.25, 0.3) is 0 Å². The highest BCUT2D eigenvalue weighted by atomic mass is 19.4. The minimum absolute atomic E-state index is 0.0617. The largest absolute Gasteiger partial charge is 0.416 e. The number of alkyl halides is 6. The number of hydrogen-bond donors (Lipinski definition) is 0. The van der Waals surface area contributed by atoms with Gasteiger partial charge in [0.2, 0.25) is 0 Å². The van der Waals surface area contributed by atoms with E-state index in [0.717, 1.165) is 6.08 Å². The van der Waals surface area contributed by atoms with E-state index in [1.807, 2.05) is 13.8 Å². The van der Waals surface area contributed by atoms with E-state index in [2.05, 4.69) is 0 Å². The lowest BCUT2D eigenvalue weighted by Crippen LogP contribution is -2.12. The first-order chi connectivity index (χ1) is 8.10. The molecule has 1 aliphatic rings. The Morgan fingerprint density at radius 2 is 1.39 bits per heavy atom. The average molecular weight is 272 g/mol. The highest BCUT2D eigenvalue weighted by Gasteiger charge is 2.36. The maximum atomic E-state index is 12.3. The van der Waals surface area contributed by atoms with Crippen molar-refractivity contribution in [3.05, 3.63) is 34.9 Å². The molecule has 0 aromatic rings. The van der Waals surface area contributed by atoms with Crippen molar-refractivity contribution in [1.82, 2.24) is 0 Å². The fourth-order valence-corrected chi connectivity index (χ4v) is 1.29. The summed E-state index contributed by atoms with van der Waals surface area (Å²) in [6.07, 6.45) is -7.97. The molecule has 0 aliphatic heterocycles. The Bertz CT molecular complexity index is 365. The molecule has 104 valence electrons. The molecule has 0 saturated carbocycles. The monoisotopic (exact) mass is 272 g/mol. The standard InChI is InChI=1S/C10H8F6.C2H6/c1-6-4-7(9(11,12)13)2-3-8(5-6)10(14,15)16;1-2/h2,4-5H,3H2,1H3;1-2H3. The molecule has 0 saturated heterocycles. The molecule has 0 atom stereocenters. The molecule has 0 heterocycles. The summed E-state index contributed by atoms with van der Waals surface area (Å²) in [4.78, 5) is 0. The van der Waals surface area contributed by atoms with Gasteiger partial charge in [-0.15, -0.1) is 0 Å². The lowest BCUT2D eigenvalue weighted by molar-refractivity contribution is -0.0945. The fraction of sp³-hybridized carbons (Fsp3) is 0.500. The summed E-state index contributed by atoms with van der Waals surface area (Å²) in [6.45, 7) is 5.20. The van der Waals surface area contributed by atoms with Crippen LogP contribution in [0.2, 0.25) is 0 Å². The van der Waals surface area contributed by atoms with Crippen molar-refractivity contribution in [1.29, 1.82) is 0 Å². The minimum Gasteiger partial charge on any atom is -0.166 e. The van der Waals surface area contributed by atoms with Gasteiger partial charge in [-0.3, -0.25) is 0 Å². The SMILES string of the molecule is CC.CC1=CC(C(F)(F)F)=CCC(C(F)(F)F)=C1. The Balaban J connectivity index is 0.00000137. The Morgan fingerprint density at radius 1 is 0.889 bits per heavy atom. The van der Waals surface area contributed by atoms with Gasteiger partial charge in [0.15, 0.2) is 0 Å². The van der Waals surface area contributed by atoms with Crippen molar-refractivity contribution in [2.24, 2.45) is 0 Å². The van der Waals surface area contributed by atoms with Gasteiger partial charge in [-0.1, -0.05) is 31.6 Å². The van der Waals surface area contributed by atoms with Gasteiger partial charge in [-0.05, 0) is 19.4 Å². The minimum atomic E-state index is -4.61. The average Bonchev–Trinajstić information content (AvgIpc) is 2.41. The van der Waals surface area contributed by atoms with E-state index in [9.17, 15) is 26.3 Å². The number of hydrogen-bond acceptors (Lipinski definition) is 0. The van der Waals surface area contributed by atoms with Crippen molar-refractivity contribution in [3.63, 3.8) is 0 Å². The maximum absolute atomic E-state index is 12.3. The summed E-state index contributed by atoms with van der Waals surface area (Å²) in [5.41, 5.74) is -2.07. The Kier molecular flexibility index (Phi) is 5.70. The van der Waals surface area contributed by atoms with E-state index in [4.69, 9.17) is 0 Å². The van der Waals surface area contributed by atoms with E-state index in [1.54, 1.807) is 0 Å². The number of rotatable bonds is 0. The maximum Gasteiger partial charge on any atom is 0.416 e. The molecule has 0 spiro atoms. The van der Waals surface area contributed by atoms with Gasteiger partial charge < -0.3 is 0 Å². The molecule has 0 amide bonds. The van der Waals surface area contributed by atoms with Gasteiger partial charge in [0.1, 0.15) is 0 Å². The van der Waals surface area contributed by atoms with Gasteiger partial charge in [0, 0.05) is 5.57 Å². The molecular formula is C12H14F6. The topological polar surface area (TPSA) is 0 Å². The van der Waals surface area contributed by atoms with Crippen LogP contribution in [0.15, 0.2) is 34.9 Å². The molecule has 1 aliphatic carbocycles. The first-order valence-electron chi connectivity index (χ1n) is 5.34. The number of allylic oxidation sites excluding steroid dienone is 6. The van der Waals surface area contributed by atoms with E-state index >= 15 is 0 Å². The molecule has 6 heteroatoms. The number of halogens is 6. The van der Waals surface area contributed by atoms with Crippen LogP contribution in [0, 0.1) is 0 Å². The van der Waals surface area contributed by atoms with Crippen LogP contribution in [0.25, 0.3) is 0 Å². The molecule has 0 aromatic carbocycles. The Labute approximate surface area is 102 Å². The van der Waals surface area contributed by atoms with Crippen LogP contribution in [0.5, 0.6) is 0 Å². The molecule has 18 heavy (non-hydrogen) atoms. The summed E-state index contributed by atoms with van der Waals surface area (Å²) in [7, 11) is 0. The molecule has 0 unspecified atom stereocenters. The third kappa shape index (κ3) is 4.98. The summed E-state index contributed by atoms with van der Waals surface area (Å²) in [6, 6.07) is 0. The van der Waals surface area contributed by atoms with Gasteiger partial charge >= 0.3 is 12.4 Å². The zero-order valence-electron chi connectivity index (χ0n) is 10.2. The summed E-state index contributed by atoms with van der Waals surface area (Å²) >= 11 is 0. The van der Waals surface area contributed by atoms with Crippen LogP contribution in [-0.2, 0) is 0 Å². The normalized spacial score (nSPS) is 16.8. The molecule has 0 aromatic heterocycles. The molecule has 1 rings (SSSR count). The third-order valence-corrected chi connectivity index (χ3v) is 2.02. The van der Waals surface area contributed by atoms with Crippen LogP contribution in [0.4, 0.5) is 26.3 Å². The van der Waals surface area contributed by atoms with E-state index in [-0.39, 0.29) is 5.57 Å². The quantitative estimate of drug-likeness (QED) is 0.522. The van der Waals surface area contributed by atoms with Crippen molar-refractivity contribution < 1.29 is 26.3 Å². The second-order valence-corrected chi connectivity index (χ2v) is 3.42. The predicted molar refractivity (Wildman–Crippen MR) is 58.0 cm³/mol. The summed E-state index contributed by atoms with van der Waals surface area (Å²) in [5.74, 6) is 0. The smallest absolute Gasteiger partial charge is 0.166 e. The highest BCUT2D eigenvalue weighted by Crippen LogP contribution is 2.35. The zero-order valence-corrected chi connectivity index (χ0v) is 10.2. The van der Waals surface area contributed by atoms with Crippen LogP contribution in [-0.4, -0.2) is 12.4 Å². The van der Waals surface area contributed by atoms with Gasteiger partial charge in [-0.25, -0.2) is 0 Å². The summed E-state index contributed by atoms with van der Waals surface area (Å²) < 4.78 is 73.8. The van der Waals surface area contributed by atoms with Crippen molar-refractivity contribution in [2.45, 2.75) is 39.5 Å². The first kappa shape index (κ1) is 16.8. The van der Waals surface area contributed by atoms with E-state index in [0.29, 0.717) is 12.2 Å². The van der Waals surface area contributed by atoms with Crippen LogP contribution in [0.3, 0.4) is 0 Å². The van der Waals surface area contributed by atoms with Gasteiger partial charge in [0.05, 0.1) is 5.57 Å². The molecular weight excluding hydrogens is 258 g/mol. The lowest BCUT2D eigenvalue weighted by Gasteiger charge is -2.09. The zero-order chi connectivity index (χ0) is 14.6. The van der Waals surface area contributed by atoms with Gasteiger partial charge in [-0.2, -0.15) is 26.3 Å². The Morgan fingerprint density at radius 3 is 1.78 bits per heavy atom. The van der Waals surface area contributed by atoms with Crippen molar-refractivity contribution in [2.75, 3.05) is 0 Å². The molecule has 0 fully saturated rings. The van der Waals surface area contributed by atoms with Crippen molar-refractivity contribution >= 4 is 0 Å². The third-order valence-electron chi connectivity index (χ3n) is 2.02. The molecule has 0 bridgehead atoms. The Hall–Kier alpha value is -1.20. The van der Waals surface area contributed by atoms with Crippen LogP contribution < -0.4 is 0 Å². The molecule has 0 N–H and O–H groups in total. The predicted octanol–water partition coefficient (Wildman–Crippen LogP) is 5.34. The van der Waals surface area contributed by atoms with E-state index < -0.39 is 29.9 Å². The second kappa shape index (κ2) is 6.11. The van der Waals surface area contributed by atoms with Crippen LogP contribution >= 0.6 is 0 Å². The fourth-order valence-electron chi connectivity index (χ4n) is 1.29. The second-order valence-electron chi connectivity index (χ2n) is 3.42.